The van der Waals surface area contributed by atoms with Gasteiger partial charge in [0, 0.05) is 36.8 Å². The average molecular weight is 636 g/mol. The van der Waals surface area contributed by atoms with Gasteiger partial charge in [-0.3, -0.25) is 9.59 Å². The number of rotatable bonds is 9. The van der Waals surface area contributed by atoms with E-state index in [0.29, 0.717) is 59.6 Å². The number of nitrogens with zero attached hydrogens (tertiary/aromatic N) is 4. The maximum atomic E-state index is 13.9. The first-order valence-corrected chi connectivity index (χ1v) is 16.1. The Morgan fingerprint density at radius 2 is 1.64 bits per heavy atom. The fraction of sp³-hybridized carbons (Fsp3) is 0.400. The lowest BCUT2D eigenvalue weighted by molar-refractivity contribution is -0.123. The largest absolute Gasteiger partial charge is 0.339 e. The second-order valence-corrected chi connectivity index (χ2v) is 12.6. The van der Waals surface area contributed by atoms with E-state index in [9.17, 15) is 19.2 Å². The summed E-state index contributed by atoms with van der Waals surface area (Å²) in [6, 6.07) is 21.0. The fourth-order valence-corrected chi connectivity index (χ4v) is 6.59. The van der Waals surface area contributed by atoms with E-state index in [-0.39, 0.29) is 23.5 Å². The second-order valence-electron chi connectivity index (χ2n) is 11.8. The number of nitriles is 1. The number of piperidine rings is 2. The molecule has 2 amide bonds. The first kappa shape index (κ1) is 32.0. The summed E-state index contributed by atoms with van der Waals surface area (Å²) in [7, 11) is 0. The van der Waals surface area contributed by atoms with Crippen LogP contribution in [0, 0.1) is 29.0 Å². The van der Waals surface area contributed by atoms with Gasteiger partial charge in [-0.15, -0.1) is 0 Å². The van der Waals surface area contributed by atoms with Crippen LogP contribution in [0.15, 0.2) is 66.7 Å². The summed E-state index contributed by atoms with van der Waals surface area (Å²) in [4.78, 5) is 33.0. The molecule has 230 valence electrons. The lowest BCUT2D eigenvalue weighted by Gasteiger charge is -2.35. The minimum absolute atomic E-state index is 0.0416. The number of likely N-dealkylation sites (tertiary alicyclic amines) is 2. The van der Waals surface area contributed by atoms with Crippen LogP contribution in [0.25, 0.3) is 0 Å². The summed E-state index contributed by atoms with van der Waals surface area (Å²) < 4.78 is 13.3. The Labute approximate surface area is 269 Å². The predicted octanol–water partition coefficient (Wildman–Crippen LogP) is 7.23. The van der Waals surface area contributed by atoms with Crippen LogP contribution in [0.2, 0.25) is 10.0 Å². The van der Waals surface area contributed by atoms with Gasteiger partial charge in [-0.25, -0.2) is 4.39 Å². The first-order valence-electron chi connectivity index (χ1n) is 15.3. The topological polar surface area (TPSA) is 67.6 Å². The lowest BCUT2D eigenvalue weighted by Crippen LogP contribution is -2.45. The number of carbonyl (C=O) groups excluding carboxylic acids is 2. The maximum Gasteiger partial charge on any atom is 0.253 e. The van der Waals surface area contributed by atoms with Crippen molar-refractivity contribution in [1.82, 2.24) is 9.80 Å². The summed E-state index contributed by atoms with van der Waals surface area (Å²) >= 11 is 12.5. The SMILES string of the molecule is N#Cc1cccc(C(=O)N2CCC(C(=O)N(CCCN3CCC(Cc4ccc(F)cc4)CC3)c3ccc(Cl)c(Cl)c3)CC2)c1. The van der Waals surface area contributed by atoms with E-state index in [1.54, 1.807) is 41.3 Å². The zero-order valence-corrected chi connectivity index (χ0v) is 26.2. The molecule has 0 spiro atoms. The van der Waals surface area contributed by atoms with Crippen molar-refractivity contribution >= 4 is 40.7 Å². The van der Waals surface area contributed by atoms with Crippen LogP contribution in [0.4, 0.5) is 10.1 Å². The molecule has 0 N–H and O–H groups in total. The molecule has 2 heterocycles. The molecule has 2 aliphatic heterocycles. The van der Waals surface area contributed by atoms with Crippen molar-refractivity contribution < 1.29 is 14.0 Å². The Morgan fingerprint density at radius 1 is 0.909 bits per heavy atom. The molecule has 0 radical (unpaired) electrons. The number of carbonyl (C=O) groups is 2. The van der Waals surface area contributed by atoms with Crippen LogP contribution in [0.3, 0.4) is 0 Å². The maximum absolute atomic E-state index is 13.9. The molecule has 0 aliphatic carbocycles. The van der Waals surface area contributed by atoms with Crippen molar-refractivity contribution in [2.24, 2.45) is 11.8 Å². The van der Waals surface area contributed by atoms with Gasteiger partial charge < -0.3 is 14.7 Å². The number of halogens is 3. The van der Waals surface area contributed by atoms with E-state index in [1.807, 2.05) is 23.1 Å². The molecule has 2 saturated heterocycles. The van der Waals surface area contributed by atoms with E-state index in [1.165, 1.54) is 17.7 Å². The van der Waals surface area contributed by atoms with Gasteiger partial charge in [0.2, 0.25) is 5.91 Å². The van der Waals surface area contributed by atoms with Gasteiger partial charge >= 0.3 is 0 Å². The van der Waals surface area contributed by atoms with Gasteiger partial charge in [-0.2, -0.15) is 5.26 Å². The Balaban J connectivity index is 1.16. The van der Waals surface area contributed by atoms with Gasteiger partial charge in [0.1, 0.15) is 5.82 Å². The highest BCUT2D eigenvalue weighted by Crippen LogP contribution is 2.30. The highest BCUT2D eigenvalue weighted by molar-refractivity contribution is 6.42. The molecule has 44 heavy (non-hydrogen) atoms. The Kier molecular flexibility index (Phi) is 10.9. The van der Waals surface area contributed by atoms with E-state index in [0.717, 1.165) is 51.0 Å². The monoisotopic (exact) mass is 634 g/mol. The van der Waals surface area contributed by atoms with Gasteiger partial charge in [-0.1, -0.05) is 41.4 Å². The van der Waals surface area contributed by atoms with Gasteiger partial charge in [0.25, 0.3) is 5.91 Å². The molecule has 0 saturated carbocycles. The second kappa shape index (κ2) is 15.0. The van der Waals surface area contributed by atoms with Crippen molar-refractivity contribution in [2.75, 3.05) is 44.2 Å². The van der Waals surface area contributed by atoms with Crippen molar-refractivity contribution in [3.63, 3.8) is 0 Å². The van der Waals surface area contributed by atoms with Crippen molar-refractivity contribution in [3.05, 3.63) is 99.3 Å². The molecule has 0 aromatic heterocycles. The third kappa shape index (κ3) is 8.18. The molecule has 9 heteroatoms. The third-order valence-electron chi connectivity index (χ3n) is 8.85. The normalized spacial score (nSPS) is 16.5. The van der Waals surface area contributed by atoms with Crippen molar-refractivity contribution in [1.29, 1.82) is 5.26 Å². The Hall–Kier alpha value is -3.44. The van der Waals surface area contributed by atoms with E-state index >= 15 is 0 Å². The quantitative estimate of drug-likeness (QED) is 0.249. The van der Waals surface area contributed by atoms with Crippen molar-refractivity contribution in [3.8, 4) is 6.07 Å². The van der Waals surface area contributed by atoms with E-state index < -0.39 is 0 Å². The molecule has 2 fully saturated rings. The van der Waals surface area contributed by atoms with Crippen molar-refractivity contribution in [2.45, 2.75) is 38.5 Å². The molecule has 0 bridgehead atoms. The number of anilines is 1. The van der Waals surface area contributed by atoms with E-state index in [2.05, 4.69) is 11.0 Å². The summed E-state index contributed by atoms with van der Waals surface area (Å²) in [6.07, 6.45) is 5.14. The number of hydrogen-bond acceptors (Lipinski definition) is 4. The van der Waals surface area contributed by atoms with Crippen LogP contribution in [0.1, 0.15) is 53.6 Å². The Bertz CT molecular complexity index is 1490. The summed E-state index contributed by atoms with van der Waals surface area (Å²) in [5.41, 5.74) is 2.86. The molecule has 0 atom stereocenters. The first-order chi connectivity index (χ1) is 21.3. The number of amides is 2. The summed E-state index contributed by atoms with van der Waals surface area (Å²) in [5.74, 6) is 0.118. The standard InChI is InChI=1S/C35H37Cl2FN4O2/c36-32-10-9-31(23-33(32)37)42(16-2-15-40-17-11-26(12-18-40)21-25-5-7-30(38)8-6-25)35(44)28-13-19-41(20-14-28)34(43)29-4-1-3-27(22-29)24-39/h1,3-10,22-23,26,28H,2,11-21H2. The van der Waals surface area contributed by atoms with Gasteiger partial charge in [0.05, 0.1) is 21.7 Å². The minimum atomic E-state index is -0.207. The summed E-state index contributed by atoms with van der Waals surface area (Å²) in [6.45, 7) is 4.43. The highest BCUT2D eigenvalue weighted by Gasteiger charge is 2.31. The molecule has 3 aromatic carbocycles. The molecule has 2 aliphatic rings. The zero-order valence-electron chi connectivity index (χ0n) is 24.7. The van der Waals surface area contributed by atoms with Crippen LogP contribution < -0.4 is 4.90 Å². The molecular formula is C35H37Cl2FN4O2. The molecule has 0 unspecified atom stereocenters. The van der Waals surface area contributed by atoms with Gasteiger partial charge in [0.15, 0.2) is 0 Å². The fourth-order valence-electron chi connectivity index (χ4n) is 6.29. The smallest absolute Gasteiger partial charge is 0.253 e. The third-order valence-corrected chi connectivity index (χ3v) is 9.59. The van der Waals surface area contributed by atoms with Gasteiger partial charge in [-0.05, 0) is 118 Å². The van der Waals surface area contributed by atoms with E-state index in [4.69, 9.17) is 23.2 Å². The van der Waals surface area contributed by atoms with Crippen LogP contribution >= 0.6 is 23.2 Å². The molecule has 3 aromatic rings. The molecule has 5 rings (SSSR count). The van der Waals surface area contributed by atoms with Crippen LogP contribution in [-0.2, 0) is 11.2 Å². The highest BCUT2D eigenvalue weighted by atomic mass is 35.5. The number of benzene rings is 3. The minimum Gasteiger partial charge on any atom is -0.339 e. The predicted molar refractivity (Wildman–Crippen MR) is 172 cm³/mol. The molecular weight excluding hydrogens is 598 g/mol. The molecule has 6 nitrogen and oxygen atoms in total. The zero-order chi connectivity index (χ0) is 31.1. The average Bonchev–Trinajstić information content (AvgIpc) is 3.06. The van der Waals surface area contributed by atoms with Crippen LogP contribution in [0.5, 0.6) is 0 Å². The lowest BCUT2D eigenvalue weighted by atomic mass is 9.90. The number of hydrogen-bond donors (Lipinski definition) is 0. The Morgan fingerprint density at radius 3 is 2.32 bits per heavy atom. The van der Waals surface area contributed by atoms with Crippen LogP contribution in [-0.4, -0.2) is 60.9 Å². The summed E-state index contributed by atoms with van der Waals surface area (Å²) in [5, 5.41) is 10.0.